The number of hydrogen-bond donors (Lipinski definition) is 0. The van der Waals surface area contributed by atoms with Crippen molar-refractivity contribution in [3.05, 3.63) is 53.6 Å². The summed E-state index contributed by atoms with van der Waals surface area (Å²) < 4.78 is 15.2. The van der Waals surface area contributed by atoms with Crippen molar-refractivity contribution in [2.75, 3.05) is 13.1 Å². The van der Waals surface area contributed by atoms with Gasteiger partial charge in [0.25, 0.3) is 5.78 Å². The van der Waals surface area contributed by atoms with E-state index in [1.165, 1.54) is 6.20 Å². The molecule has 0 aliphatic carbocycles. The topological polar surface area (TPSA) is 59.2 Å². The molecule has 1 atom stereocenters. The molecule has 0 radical (unpaired) electrons. The second-order valence-corrected chi connectivity index (χ2v) is 6.38. The highest BCUT2D eigenvalue weighted by Crippen LogP contribution is 2.28. The fourth-order valence-electron chi connectivity index (χ4n) is 3.49. The van der Waals surface area contributed by atoms with Gasteiger partial charge in [0.15, 0.2) is 0 Å². The maximum absolute atomic E-state index is 13.3. The van der Waals surface area contributed by atoms with Gasteiger partial charge < -0.3 is 0 Å². The molecule has 4 rings (SSSR count). The second-order valence-electron chi connectivity index (χ2n) is 6.38. The average Bonchev–Trinajstić information content (AvgIpc) is 3.02. The monoisotopic (exact) mass is 326 g/mol. The lowest BCUT2D eigenvalue weighted by Crippen LogP contribution is -2.34. The molecule has 1 unspecified atom stereocenters. The van der Waals surface area contributed by atoms with E-state index in [0.29, 0.717) is 18.2 Å². The fraction of sp³-hybridized carbons (Fsp3) is 0.412. The summed E-state index contributed by atoms with van der Waals surface area (Å²) in [6, 6.07) is 3.66. The first-order valence-corrected chi connectivity index (χ1v) is 8.18. The lowest BCUT2D eigenvalue weighted by molar-refractivity contribution is 0.197. The molecule has 0 amide bonds. The Labute approximate surface area is 139 Å². The molecule has 4 heterocycles. The number of hydrogen-bond acceptors (Lipinski definition) is 5. The van der Waals surface area contributed by atoms with E-state index in [2.05, 4.69) is 31.0 Å². The van der Waals surface area contributed by atoms with Crippen molar-refractivity contribution in [3.8, 4) is 0 Å². The molecular weight excluding hydrogens is 307 g/mol. The molecule has 1 fully saturated rings. The molecule has 0 N–H and O–H groups in total. The van der Waals surface area contributed by atoms with Crippen LogP contribution in [0.4, 0.5) is 4.39 Å². The molecule has 0 aromatic carbocycles. The van der Waals surface area contributed by atoms with Gasteiger partial charge in [-0.25, -0.2) is 13.9 Å². The third-order valence-electron chi connectivity index (χ3n) is 4.50. The van der Waals surface area contributed by atoms with Crippen molar-refractivity contribution in [2.45, 2.75) is 32.2 Å². The molecule has 0 spiro atoms. The second kappa shape index (κ2) is 6.24. The van der Waals surface area contributed by atoms with Crippen LogP contribution in [0.25, 0.3) is 5.78 Å². The highest BCUT2D eigenvalue weighted by molar-refractivity contribution is 5.31. The highest BCUT2D eigenvalue weighted by Gasteiger charge is 2.24. The van der Waals surface area contributed by atoms with Gasteiger partial charge in [-0.1, -0.05) is 0 Å². The zero-order valence-corrected chi connectivity index (χ0v) is 13.6. The minimum absolute atomic E-state index is 0.282. The van der Waals surface area contributed by atoms with Gasteiger partial charge in [0.2, 0.25) is 0 Å². The van der Waals surface area contributed by atoms with Crippen LogP contribution in [0.3, 0.4) is 0 Å². The number of rotatable bonds is 3. The molecule has 0 bridgehead atoms. The van der Waals surface area contributed by atoms with Gasteiger partial charge in [-0.2, -0.15) is 10.1 Å². The summed E-state index contributed by atoms with van der Waals surface area (Å²) in [6.07, 6.45) is 6.73. The van der Waals surface area contributed by atoms with Crippen molar-refractivity contribution in [1.82, 2.24) is 29.5 Å². The van der Waals surface area contributed by atoms with Gasteiger partial charge in [0.1, 0.15) is 12.1 Å². The lowest BCUT2D eigenvalue weighted by Gasteiger charge is -2.32. The molecule has 6 nitrogen and oxygen atoms in total. The Balaban J connectivity index is 1.57. The first-order valence-electron chi connectivity index (χ1n) is 8.18. The third kappa shape index (κ3) is 2.99. The maximum Gasteiger partial charge on any atom is 0.252 e. The normalized spacial score (nSPS) is 19.0. The average molecular weight is 326 g/mol. The number of fused-ring (bicyclic) bond motifs is 1. The van der Waals surface area contributed by atoms with Crippen molar-refractivity contribution in [2.24, 2.45) is 0 Å². The Morgan fingerprint density at radius 2 is 2.21 bits per heavy atom. The standard InChI is InChI=1S/C17H19FN6/c1-12-5-16(24-17(22-12)20-11-21-24)14-3-2-4-23(10-14)9-13-6-15(18)8-19-7-13/h5-8,11,14H,2-4,9-10H2,1H3. The molecule has 0 saturated carbocycles. The Morgan fingerprint density at radius 1 is 1.29 bits per heavy atom. The van der Waals surface area contributed by atoms with Crippen LogP contribution in [0.1, 0.15) is 35.7 Å². The fourth-order valence-corrected chi connectivity index (χ4v) is 3.49. The number of aromatic nitrogens is 5. The number of halogens is 1. The van der Waals surface area contributed by atoms with E-state index in [-0.39, 0.29) is 5.82 Å². The van der Waals surface area contributed by atoms with E-state index in [9.17, 15) is 4.39 Å². The van der Waals surface area contributed by atoms with Crippen LogP contribution < -0.4 is 0 Å². The summed E-state index contributed by atoms with van der Waals surface area (Å²) in [4.78, 5) is 14.9. The lowest BCUT2D eigenvalue weighted by atomic mass is 9.94. The predicted molar refractivity (Wildman–Crippen MR) is 87.0 cm³/mol. The Morgan fingerprint density at radius 3 is 3.08 bits per heavy atom. The first-order chi connectivity index (χ1) is 11.7. The molecule has 124 valence electrons. The van der Waals surface area contributed by atoms with Crippen LogP contribution >= 0.6 is 0 Å². The van der Waals surface area contributed by atoms with E-state index in [4.69, 9.17) is 0 Å². The van der Waals surface area contributed by atoms with Crippen LogP contribution in [-0.2, 0) is 6.54 Å². The van der Waals surface area contributed by atoms with Crippen molar-refractivity contribution >= 4 is 5.78 Å². The number of nitrogens with zero attached hydrogens (tertiary/aromatic N) is 6. The minimum atomic E-state index is -0.282. The van der Waals surface area contributed by atoms with E-state index in [1.54, 1.807) is 18.6 Å². The van der Waals surface area contributed by atoms with Gasteiger partial charge in [-0.3, -0.25) is 9.88 Å². The SMILES string of the molecule is Cc1cc(C2CCCN(Cc3cncc(F)c3)C2)n2ncnc2n1. The highest BCUT2D eigenvalue weighted by atomic mass is 19.1. The zero-order valence-electron chi connectivity index (χ0n) is 13.6. The summed E-state index contributed by atoms with van der Waals surface area (Å²) >= 11 is 0. The Kier molecular flexibility index (Phi) is 3.93. The number of likely N-dealkylation sites (tertiary alicyclic amines) is 1. The van der Waals surface area contributed by atoms with Crippen LogP contribution in [0, 0.1) is 12.7 Å². The van der Waals surface area contributed by atoms with Crippen LogP contribution in [-0.4, -0.2) is 42.6 Å². The zero-order chi connectivity index (χ0) is 16.5. The first kappa shape index (κ1) is 15.1. The Hall–Kier alpha value is -2.41. The summed E-state index contributed by atoms with van der Waals surface area (Å²) in [6.45, 7) is 4.62. The van der Waals surface area contributed by atoms with E-state index in [1.807, 2.05) is 11.4 Å². The summed E-state index contributed by atoms with van der Waals surface area (Å²) in [5, 5.41) is 4.32. The molecule has 3 aromatic rings. The summed E-state index contributed by atoms with van der Waals surface area (Å²) in [7, 11) is 0. The molecule has 24 heavy (non-hydrogen) atoms. The van der Waals surface area contributed by atoms with Gasteiger partial charge in [-0.15, -0.1) is 0 Å². The van der Waals surface area contributed by atoms with Gasteiger partial charge in [-0.05, 0) is 44.0 Å². The third-order valence-corrected chi connectivity index (χ3v) is 4.50. The smallest absolute Gasteiger partial charge is 0.252 e. The number of piperidine rings is 1. The van der Waals surface area contributed by atoms with Crippen molar-refractivity contribution < 1.29 is 4.39 Å². The van der Waals surface area contributed by atoms with Gasteiger partial charge in [0.05, 0.1) is 11.9 Å². The number of pyridine rings is 1. The molecule has 1 aliphatic rings. The van der Waals surface area contributed by atoms with E-state index < -0.39 is 0 Å². The van der Waals surface area contributed by atoms with E-state index in [0.717, 1.165) is 42.9 Å². The molecular formula is C17H19FN6. The summed E-state index contributed by atoms with van der Waals surface area (Å²) in [5.74, 6) is 0.734. The Bertz CT molecular complexity index is 861. The maximum atomic E-state index is 13.3. The van der Waals surface area contributed by atoms with Gasteiger partial charge in [0, 0.05) is 30.9 Å². The summed E-state index contributed by atoms with van der Waals surface area (Å²) in [5.41, 5.74) is 3.02. The van der Waals surface area contributed by atoms with Crippen LogP contribution in [0.2, 0.25) is 0 Å². The largest absolute Gasteiger partial charge is 0.298 e. The van der Waals surface area contributed by atoms with Crippen molar-refractivity contribution in [1.29, 1.82) is 0 Å². The minimum Gasteiger partial charge on any atom is -0.298 e. The molecule has 3 aromatic heterocycles. The molecule has 7 heteroatoms. The van der Waals surface area contributed by atoms with Crippen molar-refractivity contribution in [3.63, 3.8) is 0 Å². The van der Waals surface area contributed by atoms with Crippen LogP contribution in [0.15, 0.2) is 30.9 Å². The van der Waals surface area contributed by atoms with Crippen LogP contribution in [0.5, 0.6) is 0 Å². The van der Waals surface area contributed by atoms with E-state index >= 15 is 0 Å². The quantitative estimate of drug-likeness (QED) is 0.739. The number of aryl methyl sites for hydroxylation is 1. The predicted octanol–water partition coefficient (Wildman–Crippen LogP) is 2.35. The molecule has 1 aliphatic heterocycles. The molecule has 1 saturated heterocycles. The van der Waals surface area contributed by atoms with Gasteiger partial charge >= 0.3 is 0 Å².